The molecule has 1 aliphatic rings. The quantitative estimate of drug-likeness (QED) is 0.560. The van der Waals surface area contributed by atoms with Crippen molar-refractivity contribution in [3.63, 3.8) is 0 Å². The van der Waals surface area contributed by atoms with Crippen LogP contribution < -0.4 is 10.6 Å². The number of nitrogens with zero attached hydrogens (tertiary/aromatic N) is 4. The first-order chi connectivity index (χ1) is 13.6. The SMILES string of the molecule is Cn1cc(-c2cnc(Nc3cc(Cl)cc(Cl)c3)nc2NC2CCCCC2)cn1. The Hall–Kier alpha value is -2.31. The standard InChI is InChI=1S/C20H22Cl2N6/c1-28-12-13(10-24-28)18-11-23-20(26-17-8-14(21)7-15(22)9-17)27-19(18)25-16-5-3-2-4-6-16/h7-12,16H,2-6H2,1H3,(H2,23,25,26,27). The summed E-state index contributed by atoms with van der Waals surface area (Å²) in [5.74, 6) is 1.30. The van der Waals surface area contributed by atoms with Crippen molar-refractivity contribution in [3.8, 4) is 11.1 Å². The van der Waals surface area contributed by atoms with Crippen LogP contribution in [0.2, 0.25) is 10.0 Å². The molecule has 3 aromatic rings. The second kappa shape index (κ2) is 8.37. The van der Waals surface area contributed by atoms with Crippen molar-refractivity contribution < 1.29 is 0 Å². The van der Waals surface area contributed by atoms with Gasteiger partial charge in [0.25, 0.3) is 0 Å². The number of benzene rings is 1. The van der Waals surface area contributed by atoms with Crippen LogP contribution in [0, 0.1) is 0 Å². The Balaban J connectivity index is 1.65. The van der Waals surface area contributed by atoms with Gasteiger partial charge in [-0.15, -0.1) is 0 Å². The van der Waals surface area contributed by atoms with Gasteiger partial charge in [0.2, 0.25) is 5.95 Å². The molecule has 0 bridgehead atoms. The molecule has 6 nitrogen and oxygen atoms in total. The molecule has 4 rings (SSSR count). The van der Waals surface area contributed by atoms with Crippen molar-refractivity contribution >= 4 is 40.7 Å². The lowest BCUT2D eigenvalue weighted by Gasteiger charge is -2.24. The minimum atomic E-state index is 0.424. The molecule has 8 heteroatoms. The van der Waals surface area contributed by atoms with Gasteiger partial charge in [-0.05, 0) is 31.0 Å². The summed E-state index contributed by atoms with van der Waals surface area (Å²) >= 11 is 12.2. The van der Waals surface area contributed by atoms with Crippen LogP contribution in [0.15, 0.2) is 36.8 Å². The van der Waals surface area contributed by atoms with Gasteiger partial charge >= 0.3 is 0 Å². The molecule has 0 amide bonds. The highest BCUT2D eigenvalue weighted by Gasteiger charge is 2.18. The van der Waals surface area contributed by atoms with Crippen molar-refractivity contribution in [1.29, 1.82) is 0 Å². The molecule has 2 heterocycles. The zero-order valence-corrected chi connectivity index (χ0v) is 17.1. The molecule has 2 aromatic heterocycles. The fraction of sp³-hybridized carbons (Fsp3) is 0.350. The molecular formula is C20H22Cl2N6. The van der Waals surface area contributed by atoms with E-state index in [0.29, 0.717) is 22.0 Å². The van der Waals surface area contributed by atoms with Gasteiger partial charge in [-0.1, -0.05) is 42.5 Å². The maximum atomic E-state index is 6.10. The number of nitrogens with one attached hydrogen (secondary N) is 2. The van der Waals surface area contributed by atoms with Crippen LogP contribution in [0.3, 0.4) is 0 Å². The van der Waals surface area contributed by atoms with Crippen LogP contribution in [-0.4, -0.2) is 25.8 Å². The molecule has 1 aromatic carbocycles. The number of anilines is 3. The lowest BCUT2D eigenvalue weighted by molar-refractivity contribution is 0.462. The largest absolute Gasteiger partial charge is 0.367 e. The Kier molecular flexibility index (Phi) is 5.69. The Morgan fingerprint density at radius 3 is 2.46 bits per heavy atom. The van der Waals surface area contributed by atoms with E-state index < -0.39 is 0 Å². The number of hydrogen-bond acceptors (Lipinski definition) is 5. The van der Waals surface area contributed by atoms with Crippen LogP contribution in [0.25, 0.3) is 11.1 Å². The minimum absolute atomic E-state index is 0.424. The molecule has 0 atom stereocenters. The summed E-state index contributed by atoms with van der Waals surface area (Å²) in [5.41, 5.74) is 2.67. The average Bonchev–Trinajstić information content (AvgIpc) is 3.08. The Labute approximate surface area is 174 Å². The van der Waals surface area contributed by atoms with Crippen LogP contribution in [0.4, 0.5) is 17.5 Å². The highest BCUT2D eigenvalue weighted by molar-refractivity contribution is 6.35. The van der Waals surface area contributed by atoms with Gasteiger partial charge in [0.15, 0.2) is 0 Å². The predicted octanol–water partition coefficient (Wildman–Crippen LogP) is 5.67. The van der Waals surface area contributed by atoms with E-state index in [1.165, 1.54) is 19.3 Å². The Bertz CT molecular complexity index is 945. The normalized spacial score (nSPS) is 14.8. The second-order valence-corrected chi connectivity index (χ2v) is 7.99. The third-order valence-electron chi connectivity index (χ3n) is 4.87. The number of halogens is 2. The van der Waals surface area contributed by atoms with Gasteiger partial charge in [-0.2, -0.15) is 10.1 Å². The van der Waals surface area contributed by atoms with Crippen molar-refractivity contribution in [1.82, 2.24) is 19.7 Å². The van der Waals surface area contributed by atoms with E-state index in [0.717, 1.165) is 35.5 Å². The number of hydrogen-bond donors (Lipinski definition) is 2. The van der Waals surface area contributed by atoms with Crippen molar-refractivity contribution in [2.45, 2.75) is 38.1 Å². The number of aryl methyl sites for hydroxylation is 1. The molecule has 1 aliphatic carbocycles. The molecule has 2 N–H and O–H groups in total. The predicted molar refractivity (Wildman–Crippen MR) is 114 cm³/mol. The van der Waals surface area contributed by atoms with Gasteiger partial charge in [0, 0.05) is 52.3 Å². The highest BCUT2D eigenvalue weighted by Crippen LogP contribution is 2.31. The summed E-state index contributed by atoms with van der Waals surface area (Å²) < 4.78 is 1.78. The van der Waals surface area contributed by atoms with E-state index in [9.17, 15) is 0 Å². The van der Waals surface area contributed by atoms with Gasteiger partial charge in [0.05, 0.1) is 6.20 Å². The summed E-state index contributed by atoms with van der Waals surface area (Å²) in [4.78, 5) is 9.24. The zero-order valence-electron chi connectivity index (χ0n) is 15.6. The number of aromatic nitrogens is 4. The van der Waals surface area contributed by atoms with E-state index in [1.807, 2.05) is 25.6 Å². The molecule has 1 saturated carbocycles. The Morgan fingerprint density at radius 1 is 1.04 bits per heavy atom. The molecule has 0 radical (unpaired) electrons. The van der Waals surface area contributed by atoms with Crippen LogP contribution in [0.5, 0.6) is 0 Å². The molecule has 28 heavy (non-hydrogen) atoms. The molecule has 1 fully saturated rings. The van der Waals surface area contributed by atoms with Crippen molar-refractivity contribution in [2.75, 3.05) is 10.6 Å². The van der Waals surface area contributed by atoms with Crippen molar-refractivity contribution in [3.05, 3.63) is 46.8 Å². The van der Waals surface area contributed by atoms with Crippen LogP contribution >= 0.6 is 23.2 Å². The molecule has 0 saturated heterocycles. The molecule has 0 spiro atoms. The summed E-state index contributed by atoms with van der Waals surface area (Å²) in [5, 5.41) is 12.2. The monoisotopic (exact) mass is 416 g/mol. The van der Waals surface area contributed by atoms with E-state index in [4.69, 9.17) is 28.2 Å². The number of rotatable bonds is 5. The third kappa shape index (κ3) is 4.56. The summed E-state index contributed by atoms with van der Waals surface area (Å²) in [7, 11) is 1.90. The highest BCUT2D eigenvalue weighted by atomic mass is 35.5. The molecule has 0 aliphatic heterocycles. The Morgan fingerprint density at radius 2 is 1.79 bits per heavy atom. The van der Waals surface area contributed by atoms with E-state index in [2.05, 4.69) is 20.7 Å². The second-order valence-electron chi connectivity index (χ2n) is 7.12. The summed E-state index contributed by atoms with van der Waals surface area (Å²) in [6, 6.07) is 5.70. The van der Waals surface area contributed by atoms with Gasteiger partial charge in [0.1, 0.15) is 5.82 Å². The van der Waals surface area contributed by atoms with E-state index in [1.54, 1.807) is 22.9 Å². The lowest BCUT2D eigenvalue weighted by Crippen LogP contribution is -2.23. The van der Waals surface area contributed by atoms with E-state index in [-0.39, 0.29) is 0 Å². The minimum Gasteiger partial charge on any atom is -0.367 e. The zero-order chi connectivity index (χ0) is 19.5. The fourth-order valence-corrected chi connectivity index (χ4v) is 4.05. The lowest BCUT2D eigenvalue weighted by atomic mass is 9.95. The summed E-state index contributed by atoms with van der Waals surface area (Å²) in [6.45, 7) is 0. The topological polar surface area (TPSA) is 67.7 Å². The first kappa shape index (κ1) is 19.0. The average molecular weight is 417 g/mol. The van der Waals surface area contributed by atoms with Crippen molar-refractivity contribution in [2.24, 2.45) is 7.05 Å². The van der Waals surface area contributed by atoms with Crippen LogP contribution in [0.1, 0.15) is 32.1 Å². The van der Waals surface area contributed by atoms with Crippen LogP contribution in [-0.2, 0) is 7.05 Å². The molecule has 0 unspecified atom stereocenters. The smallest absolute Gasteiger partial charge is 0.229 e. The van der Waals surface area contributed by atoms with Gasteiger partial charge in [-0.25, -0.2) is 4.98 Å². The van der Waals surface area contributed by atoms with Gasteiger partial charge < -0.3 is 10.6 Å². The fourth-order valence-electron chi connectivity index (χ4n) is 3.52. The maximum Gasteiger partial charge on any atom is 0.229 e. The molecular weight excluding hydrogens is 395 g/mol. The van der Waals surface area contributed by atoms with E-state index >= 15 is 0 Å². The summed E-state index contributed by atoms with van der Waals surface area (Å²) in [6.07, 6.45) is 11.7. The maximum absolute atomic E-state index is 6.10. The molecule has 146 valence electrons. The first-order valence-corrected chi connectivity index (χ1v) is 10.2. The van der Waals surface area contributed by atoms with Gasteiger partial charge in [-0.3, -0.25) is 4.68 Å². The third-order valence-corrected chi connectivity index (χ3v) is 5.31. The first-order valence-electron chi connectivity index (χ1n) is 9.42.